The predicted octanol–water partition coefficient (Wildman–Crippen LogP) is 3.30. The molecular formula is C15H13ClO4S2. The average molecular weight is 357 g/mol. The molecule has 0 radical (unpaired) electrons. The van der Waals surface area contributed by atoms with E-state index in [1.54, 1.807) is 6.08 Å². The summed E-state index contributed by atoms with van der Waals surface area (Å²) in [6, 6.07) is 7.72. The second-order valence-corrected chi connectivity index (χ2v) is 8.76. The van der Waals surface area contributed by atoms with Gasteiger partial charge in [-0.3, -0.25) is 0 Å². The molecule has 0 bridgehead atoms. The van der Waals surface area contributed by atoms with Crippen LogP contribution in [0.3, 0.4) is 0 Å². The van der Waals surface area contributed by atoms with Crippen molar-refractivity contribution < 1.29 is 17.9 Å². The van der Waals surface area contributed by atoms with Crippen LogP contribution in [-0.2, 0) is 19.4 Å². The van der Waals surface area contributed by atoms with E-state index in [2.05, 4.69) is 0 Å². The van der Waals surface area contributed by atoms with Crippen LogP contribution in [0.5, 0.6) is 0 Å². The molecule has 3 rings (SSSR count). The zero-order chi connectivity index (χ0) is 15.7. The van der Waals surface area contributed by atoms with Crippen LogP contribution in [0.2, 0.25) is 5.02 Å². The van der Waals surface area contributed by atoms with E-state index in [4.69, 9.17) is 16.3 Å². The van der Waals surface area contributed by atoms with Gasteiger partial charge in [-0.1, -0.05) is 29.8 Å². The van der Waals surface area contributed by atoms with Crippen LogP contribution >= 0.6 is 22.9 Å². The highest BCUT2D eigenvalue weighted by molar-refractivity contribution is 7.91. The fraction of sp³-hybridized carbons (Fsp3) is 0.267. The summed E-state index contributed by atoms with van der Waals surface area (Å²) in [4.78, 5) is 12.5. The van der Waals surface area contributed by atoms with Gasteiger partial charge in [0.1, 0.15) is 6.10 Å². The van der Waals surface area contributed by atoms with Crippen LogP contribution < -0.4 is 0 Å². The summed E-state index contributed by atoms with van der Waals surface area (Å²) in [5.74, 6) is -0.553. The third-order valence-corrected chi connectivity index (χ3v) is 6.80. The van der Waals surface area contributed by atoms with Gasteiger partial charge < -0.3 is 4.74 Å². The molecule has 2 aromatic rings. The minimum atomic E-state index is -3.05. The number of hydrogen-bond acceptors (Lipinski definition) is 5. The molecule has 1 aromatic heterocycles. The molecule has 1 aliphatic heterocycles. The molecule has 1 atom stereocenters. The number of carbonyl (C=O) groups is 1. The molecular weight excluding hydrogens is 344 g/mol. The average Bonchev–Trinajstić information content (AvgIpc) is 2.97. The van der Waals surface area contributed by atoms with E-state index >= 15 is 0 Å². The van der Waals surface area contributed by atoms with Crippen molar-refractivity contribution >= 4 is 54.9 Å². The molecule has 1 unspecified atom stereocenters. The molecule has 116 valence electrons. The highest BCUT2D eigenvalue weighted by Gasteiger charge is 2.30. The lowest BCUT2D eigenvalue weighted by Gasteiger charge is -2.07. The summed E-state index contributed by atoms with van der Waals surface area (Å²) in [5.41, 5.74) is 0. The molecule has 1 aliphatic rings. The van der Waals surface area contributed by atoms with Crippen molar-refractivity contribution in [3.8, 4) is 0 Å². The van der Waals surface area contributed by atoms with Gasteiger partial charge in [0.25, 0.3) is 0 Å². The maximum atomic E-state index is 11.8. The first-order valence-corrected chi connectivity index (χ1v) is 9.72. The largest absolute Gasteiger partial charge is 0.458 e. The van der Waals surface area contributed by atoms with Gasteiger partial charge in [-0.25, -0.2) is 13.2 Å². The van der Waals surface area contributed by atoms with Crippen molar-refractivity contribution in [1.29, 1.82) is 0 Å². The first kappa shape index (κ1) is 15.5. The zero-order valence-electron chi connectivity index (χ0n) is 11.5. The monoisotopic (exact) mass is 356 g/mol. The summed E-state index contributed by atoms with van der Waals surface area (Å²) in [7, 11) is -3.05. The maximum absolute atomic E-state index is 11.8. The van der Waals surface area contributed by atoms with E-state index in [1.165, 1.54) is 17.4 Å². The van der Waals surface area contributed by atoms with Gasteiger partial charge >= 0.3 is 5.97 Å². The van der Waals surface area contributed by atoms with Crippen molar-refractivity contribution in [1.82, 2.24) is 0 Å². The molecule has 0 spiro atoms. The molecule has 0 saturated carbocycles. The molecule has 1 aromatic carbocycles. The standard InChI is InChI=1S/C15H13ClO4S2/c16-15-11-3-1-2-4-12(11)21-13(15)5-6-14(17)20-10-7-8-22(18,19)9-10/h1-6,10H,7-9H2. The van der Waals surface area contributed by atoms with Crippen LogP contribution in [0.15, 0.2) is 30.3 Å². The Balaban J connectivity index is 1.70. The van der Waals surface area contributed by atoms with E-state index in [1.807, 2.05) is 24.3 Å². The Morgan fingerprint density at radius 1 is 1.36 bits per heavy atom. The summed E-state index contributed by atoms with van der Waals surface area (Å²) < 4.78 is 28.8. The lowest BCUT2D eigenvalue weighted by atomic mass is 10.2. The molecule has 1 fully saturated rings. The van der Waals surface area contributed by atoms with Gasteiger partial charge in [0.15, 0.2) is 9.84 Å². The summed E-state index contributed by atoms with van der Waals surface area (Å²) in [6.07, 6.45) is 2.73. The second kappa shape index (κ2) is 6.02. The van der Waals surface area contributed by atoms with Gasteiger partial charge in [-0.2, -0.15) is 0 Å². The van der Waals surface area contributed by atoms with Crippen molar-refractivity contribution in [2.24, 2.45) is 0 Å². The van der Waals surface area contributed by atoms with E-state index in [-0.39, 0.29) is 11.5 Å². The Morgan fingerprint density at radius 2 is 2.14 bits per heavy atom. The summed E-state index contributed by atoms with van der Waals surface area (Å²) >= 11 is 7.76. The number of rotatable bonds is 3. The van der Waals surface area contributed by atoms with Crippen molar-refractivity contribution in [2.75, 3.05) is 11.5 Å². The van der Waals surface area contributed by atoms with E-state index < -0.39 is 21.9 Å². The van der Waals surface area contributed by atoms with E-state index in [9.17, 15) is 13.2 Å². The third-order valence-electron chi connectivity index (χ3n) is 3.40. The summed E-state index contributed by atoms with van der Waals surface area (Å²) in [5, 5.41) is 1.55. The quantitative estimate of drug-likeness (QED) is 0.625. The Labute approximate surface area is 137 Å². The van der Waals surface area contributed by atoms with Crippen LogP contribution in [0.1, 0.15) is 11.3 Å². The molecule has 0 amide bonds. The topological polar surface area (TPSA) is 60.4 Å². The number of benzene rings is 1. The second-order valence-electron chi connectivity index (χ2n) is 5.07. The Morgan fingerprint density at radius 3 is 2.82 bits per heavy atom. The third kappa shape index (κ3) is 3.34. The Hall–Kier alpha value is -1.37. The van der Waals surface area contributed by atoms with Crippen LogP contribution in [0.25, 0.3) is 16.2 Å². The summed E-state index contributed by atoms with van der Waals surface area (Å²) in [6.45, 7) is 0. The Bertz CT molecular complexity index is 852. The number of esters is 1. The molecule has 4 nitrogen and oxygen atoms in total. The maximum Gasteiger partial charge on any atom is 0.331 e. The first-order valence-electron chi connectivity index (χ1n) is 6.71. The smallest absolute Gasteiger partial charge is 0.331 e. The van der Waals surface area contributed by atoms with Crippen molar-refractivity contribution in [2.45, 2.75) is 12.5 Å². The van der Waals surface area contributed by atoms with Gasteiger partial charge in [0.05, 0.1) is 16.5 Å². The highest BCUT2D eigenvalue weighted by atomic mass is 35.5. The van der Waals surface area contributed by atoms with Gasteiger partial charge in [-0.15, -0.1) is 11.3 Å². The number of carbonyl (C=O) groups excluding carboxylic acids is 1. The fourth-order valence-corrected chi connectivity index (χ4v) is 5.33. The lowest BCUT2D eigenvalue weighted by Crippen LogP contribution is -2.17. The minimum Gasteiger partial charge on any atom is -0.458 e. The number of sulfone groups is 1. The van der Waals surface area contributed by atoms with Crippen LogP contribution in [-0.4, -0.2) is 32.0 Å². The number of fused-ring (bicyclic) bond motifs is 1. The number of ether oxygens (including phenoxy) is 1. The van der Waals surface area contributed by atoms with Gasteiger partial charge in [0, 0.05) is 21.0 Å². The van der Waals surface area contributed by atoms with Gasteiger partial charge in [-0.05, 0) is 18.6 Å². The van der Waals surface area contributed by atoms with E-state index in [0.29, 0.717) is 11.4 Å². The Kier molecular flexibility index (Phi) is 4.25. The molecule has 22 heavy (non-hydrogen) atoms. The fourth-order valence-electron chi connectivity index (χ4n) is 2.34. The van der Waals surface area contributed by atoms with Crippen molar-refractivity contribution in [3.05, 3.63) is 40.2 Å². The number of thiophene rings is 1. The number of hydrogen-bond donors (Lipinski definition) is 0. The molecule has 0 N–H and O–H groups in total. The van der Waals surface area contributed by atoms with Crippen LogP contribution in [0.4, 0.5) is 0 Å². The molecule has 2 heterocycles. The molecule has 0 aliphatic carbocycles. The SMILES string of the molecule is O=C(C=Cc1sc2ccccc2c1Cl)OC1CCS(=O)(=O)C1. The molecule has 1 saturated heterocycles. The van der Waals surface area contributed by atoms with Crippen molar-refractivity contribution in [3.63, 3.8) is 0 Å². The molecule has 7 heteroatoms. The minimum absolute atomic E-state index is 0.0802. The van der Waals surface area contributed by atoms with Crippen LogP contribution in [0, 0.1) is 0 Å². The normalized spacial score (nSPS) is 20.7. The highest BCUT2D eigenvalue weighted by Crippen LogP contribution is 2.35. The zero-order valence-corrected chi connectivity index (χ0v) is 13.9. The first-order chi connectivity index (χ1) is 10.4. The van der Waals surface area contributed by atoms with Gasteiger partial charge in [0.2, 0.25) is 0 Å². The van der Waals surface area contributed by atoms with E-state index in [0.717, 1.165) is 15.0 Å². The number of halogens is 1. The predicted molar refractivity (Wildman–Crippen MR) is 89.0 cm³/mol. The lowest BCUT2D eigenvalue weighted by molar-refractivity contribution is -0.141.